The second-order valence-corrected chi connectivity index (χ2v) is 5.58. The van der Waals surface area contributed by atoms with Crippen LogP contribution < -0.4 is 5.73 Å². The fourth-order valence-electron chi connectivity index (χ4n) is 3.09. The third-order valence-corrected chi connectivity index (χ3v) is 4.31. The van der Waals surface area contributed by atoms with E-state index in [-0.39, 0.29) is 12.1 Å². The number of aromatic nitrogens is 2. The van der Waals surface area contributed by atoms with E-state index in [4.69, 9.17) is 10.5 Å². The van der Waals surface area contributed by atoms with E-state index in [0.29, 0.717) is 23.7 Å². The largest absolute Gasteiger partial charge is 0.457 e. The lowest BCUT2D eigenvalue weighted by Gasteiger charge is -2.30. The highest BCUT2D eigenvalue weighted by Crippen LogP contribution is 2.30. The monoisotopic (exact) mass is 279 g/mol. The highest BCUT2D eigenvalue weighted by Gasteiger charge is 2.29. The predicted octanol–water partition coefficient (Wildman–Crippen LogP) is 2.69. The molecule has 5 nitrogen and oxygen atoms in total. The van der Waals surface area contributed by atoms with Gasteiger partial charge in [-0.1, -0.05) is 20.3 Å². The van der Waals surface area contributed by atoms with Crippen LogP contribution in [0, 0.1) is 5.92 Å². The minimum atomic E-state index is -0.331. The number of nitrogen functional groups attached to an aromatic ring is 1. The van der Waals surface area contributed by atoms with Crippen LogP contribution in [-0.4, -0.2) is 21.9 Å². The summed E-state index contributed by atoms with van der Waals surface area (Å²) in [7, 11) is 1.74. The number of aryl methyl sites for hydroxylation is 2. The fourth-order valence-corrected chi connectivity index (χ4v) is 3.09. The first kappa shape index (κ1) is 14.9. The van der Waals surface area contributed by atoms with E-state index in [9.17, 15) is 4.79 Å². The zero-order chi connectivity index (χ0) is 14.7. The van der Waals surface area contributed by atoms with Gasteiger partial charge in [0.05, 0.1) is 11.4 Å². The van der Waals surface area contributed by atoms with Gasteiger partial charge in [-0.2, -0.15) is 5.10 Å². The molecule has 0 bridgehead atoms. The Hall–Kier alpha value is -1.52. The van der Waals surface area contributed by atoms with Crippen LogP contribution in [0.4, 0.5) is 5.69 Å². The molecule has 0 radical (unpaired) electrons. The van der Waals surface area contributed by atoms with Crippen molar-refractivity contribution in [1.82, 2.24) is 9.78 Å². The summed E-state index contributed by atoms with van der Waals surface area (Å²) in [5.41, 5.74) is 7.62. The fraction of sp³-hybridized carbons (Fsp3) is 0.733. The van der Waals surface area contributed by atoms with Gasteiger partial charge in [0, 0.05) is 7.05 Å². The second kappa shape index (κ2) is 6.29. The Morgan fingerprint density at radius 2 is 2.10 bits per heavy atom. The van der Waals surface area contributed by atoms with Crippen molar-refractivity contribution < 1.29 is 9.53 Å². The Bertz CT molecular complexity index is 482. The van der Waals surface area contributed by atoms with Gasteiger partial charge >= 0.3 is 5.97 Å². The van der Waals surface area contributed by atoms with Crippen LogP contribution in [0.3, 0.4) is 0 Å². The number of ether oxygens (including phenoxy) is 1. The zero-order valence-corrected chi connectivity index (χ0v) is 12.7. The molecule has 2 unspecified atom stereocenters. The first-order chi connectivity index (χ1) is 9.58. The summed E-state index contributed by atoms with van der Waals surface area (Å²) in [5.74, 6) is 0.148. The van der Waals surface area contributed by atoms with E-state index in [1.54, 1.807) is 11.7 Å². The Labute approximate surface area is 120 Å². The highest BCUT2D eigenvalue weighted by atomic mass is 16.5. The number of hydrogen-bond donors (Lipinski definition) is 1. The number of nitrogens with two attached hydrogens (primary N) is 1. The van der Waals surface area contributed by atoms with Crippen molar-refractivity contribution in [3.8, 4) is 0 Å². The molecule has 1 aliphatic carbocycles. The van der Waals surface area contributed by atoms with Crippen molar-refractivity contribution in [3.63, 3.8) is 0 Å². The number of esters is 1. The van der Waals surface area contributed by atoms with Crippen molar-refractivity contribution in [3.05, 3.63) is 11.4 Å². The topological polar surface area (TPSA) is 70.1 Å². The maximum absolute atomic E-state index is 12.4. The van der Waals surface area contributed by atoms with Gasteiger partial charge in [0.2, 0.25) is 0 Å². The highest BCUT2D eigenvalue weighted by molar-refractivity contribution is 5.94. The van der Waals surface area contributed by atoms with Crippen LogP contribution in [0.15, 0.2) is 0 Å². The molecule has 1 fully saturated rings. The molecule has 1 heterocycles. The zero-order valence-electron chi connectivity index (χ0n) is 12.7. The number of carbonyl (C=O) groups is 1. The van der Waals surface area contributed by atoms with Gasteiger partial charge in [-0.05, 0) is 38.0 Å². The smallest absolute Gasteiger partial charge is 0.359 e. The molecule has 0 spiro atoms. The molecular weight excluding hydrogens is 254 g/mol. The molecule has 1 saturated carbocycles. The summed E-state index contributed by atoms with van der Waals surface area (Å²) in [5, 5.41) is 4.27. The molecule has 2 rings (SSSR count). The van der Waals surface area contributed by atoms with E-state index in [0.717, 1.165) is 31.4 Å². The SMILES string of the molecule is CCc1nn(C)c(C(=O)OC2CCCCC2CC)c1N. The summed E-state index contributed by atoms with van der Waals surface area (Å²) < 4.78 is 7.26. The Balaban J connectivity index is 2.13. The van der Waals surface area contributed by atoms with Crippen LogP contribution >= 0.6 is 0 Å². The molecule has 0 saturated heterocycles. The molecule has 20 heavy (non-hydrogen) atoms. The van der Waals surface area contributed by atoms with Crippen molar-refractivity contribution in [2.75, 3.05) is 5.73 Å². The lowest BCUT2D eigenvalue weighted by Crippen LogP contribution is -2.30. The molecule has 2 atom stereocenters. The summed E-state index contributed by atoms with van der Waals surface area (Å²) in [6, 6.07) is 0. The summed E-state index contributed by atoms with van der Waals surface area (Å²) in [4.78, 5) is 12.4. The second-order valence-electron chi connectivity index (χ2n) is 5.58. The summed E-state index contributed by atoms with van der Waals surface area (Å²) in [6.07, 6.45) is 6.28. The molecular formula is C15H25N3O2. The number of anilines is 1. The molecule has 1 aromatic heterocycles. The van der Waals surface area contributed by atoms with E-state index in [1.165, 1.54) is 6.42 Å². The summed E-state index contributed by atoms with van der Waals surface area (Å²) in [6.45, 7) is 4.13. The van der Waals surface area contributed by atoms with Crippen LogP contribution in [0.1, 0.15) is 62.1 Å². The third-order valence-electron chi connectivity index (χ3n) is 4.31. The van der Waals surface area contributed by atoms with Crippen molar-refractivity contribution in [2.24, 2.45) is 13.0 Å². The number of carbonyl (C=O) groups excluding carboxylic acids is 1. The Morgan fingerprint density at radius 3 is 2.70 bits per heavy atom. The Morgan fingerprint density at radius 1 is 1.40 bits per heavy atom. The molecule has 1 aromatic rings. The van der Waals surface area contributed by atoms with Gasteiger partial charge in [0.1, 0.15) is 6.10 Å². The van der Waals surface area contributed by atoms with E-state index in [1.807, 2.05) is 6.92 Å². The molecule has 0 aromatic carbocycles. The van der Waals surface area contributed by atoms with Crippen LogP contribution in [0.5, 0.6) is 0 Å². The summed E-state index contributed by atoms with van der Waals surface area (Å²) >= 11 is 0. The van der Waals surface area contributed by atoms with Gasteiger partial charge < -0.3 is 10.5 Å². The minimum Gasteiger partial charge on any atom is -0.457 e. The maximum Gasteiger partial charge on any atom is 0.359 e. The third kappa shape index (κ3) is 2.81. The van der Waals surface area contributed by atoms with Gasteiger partial charge in [-0.25, -0.2) is 4.79 Å². The number of nitrogens with zero attached hydrogens (tertiary/aromatic N) is 2. The molecule has 2 N–H and O–H groups in total. The van der Waals surface area contributed by atoms with E-state index >= 15 is 0 Å². The molecule has 0 amide bonds. The Kier molecular flexibility index (Phi) is 4.68. The van der Waals surface area contributed by atoms with Gasteiger partial charge in [-0.15, -0.1) is 0 Å². The normalized spacial score (nSPS) is 22.8. The van der Waals surface area contributed by atoms with Gasteiger partial charge in [0.25, 0.3) is 0 Å². The molecule has 5 heteroatoms. The van der Waals surface area contributed by atoms with Crippen LogP contribution in [0.25, 0.3) is 0 Å². The lowest BCUT2D eigenvalue weighted by atomic mass is 9.85. The molecule has 112 valence electrons. The average molecular weight is 279 g/mol. The van der Waals surface area contributed by atoms with Crippen molar-refractivity contribution in [2.45, 2.75) is 58.5 Å². The van der Waals surface area contributed by atoms with Crippen LogP contribution in [-0.2, 0) is 18.2 Å². The van der Waals surface area contributed by atoms with Crippen LogP contribution in [0.2, 0.25) is 0 Å². The van der Waals surface area contributed by atoms with Crippen molar-refractivity contribution >= 4 is 11.7 Å². The minimum absolute atomic E-state index is 0.0284. The molecule has 0 aliphatic heterocycles. The van der Waals surface area contributed by atoms with E-state index in [2.05, 4.69) is 12.0 Å². The van der Waals surface area contributed by atoms with E-state index < -0.39 is 0 Å². The molecule has 1 aliphatic rings. The quantitative estimate of drug-likeness (QED) is 0.860. The average Bonchev–Trinajstić information content (AvgIpc) is 2.73. The lowest BCUT2D eigenvalue weighted by molar-refractivity contribution is -0.000241. The first-order valence-corrected chi connectivity index (χ1v) is 7.60. The van der Waals surface area contributed by atoms with Gasteiger partial charge in [-0.3, -0.25) is 4.68 Å². The number of hydrogen-bond acceptors (Lipinski definition) is 4. The number of rotatable bonds is 4. The standard InChI is InChI=1S/C15H25N3O2/c1-4-10-8-6-7-9-12(10)20-15(19)14-13(16)11(5-2)17-18(14)3/h10,12H,4-9,16H2,1-3H3. The predicted molar refractivity (Wildman–Crippen MR) is 78.5 cm³/mol. The van der Waals surface area contributed by atoms with Crippen molar-refractivity contribution in [1.29, 1.82) is 0 Å². The first-order valence-electron chi connectivity index (χ1n) is 7.60. The maximum atomic E-state index is 12.4. The van der Waals surface area contributed by atoms with Gasteiger partial charge in [0.15, 0.2) is 5.69 Å².